The summed E-state index contributed by atoms with van der Waals surface area (Å²) in [5.41, 5.74) is 7.57. The highest BCUT2D eigenvalue weighted by molar-refractivity contribution is 7.85. The Bertz CT molecular complexity index is 1180. The van der Waals surface area contributed by atoms with Crippen LogP contribution < -0.4 is 5.73 Å². The number of nitrogens with zero attached hydrogens (tertiary/aromatic N) is 4. The van der Waals surface area contributed by atoms with Crippen molar-refractivity contribution in [3.63, 3.8) is 0 Å². The number of carbonyl (C=O) groups excluding carboxylic acids is 1. The number of rotatable bonds is 5. The first-order chi connectivity index (χ1) is 15.9. The SMILES string of the molecule is [B][P+]1(OCOC(C)=O)OC[C@H]2O[C@@H](n3c(-c4ccccc4)nc4c(N)ncnc43)C(O)[C@@H]2O1. The van der Waals surface area contributed by atoms with E-state index in [1.165, 1.54) is 13.3 Å². The van der Waals surface area contributed by atoms with Gasteiger partial charge in [0, 0.05) is 12.5 Å². The molecular weight excluding hydrogens is 452 g/mol. The minimum absolute atomic E-state index is 0.00694. The molecule has 2 unspecified atom stereocenters. The van der Waals surface area contributed by atoms with Gasteiger partial charge in [-0.15, -0.1) is 0 Å². The van der Waals surface area contributed by atoms with Crippen molar-refractivity contribution in [3.8, 4) is 11.4 Å². The molecule has 5 atom stereocenters. The van der Waals surface area contributed by atoms with Gasteiger partial charge in [0.05, 0.1) is 0 Å². The summed E-state index contributed by atoms with van der Waals surface area (Å²) in [6.45, 7) is 0.809. The maximum absolute atomic E-state index is 11.2. The number of nitrogens with two attached hydrogens (primary N) is 1. The Hall–Kier alpha value is -2.67. The van der Waals surface area contributed by atoms with Crippen LogP contribution in [0.3, 0.4) is 0 Å². The van der Waals surface area contributed by atoms with Crippen molar-refractivity contribution in [2.75, 3.05) is 19.1 Å². The largest absolute Gasteiger partial charge is 0.488 e. The predicted octanol–water partition coefficient (Wildman–Crippen LogP) is 1.13. The second-order valence-corrected chi connectivity index (χ2v) is 9.25. The Labute approximate surface area is 189 Å². The third kappa shape index (κ3) is 4.08. The van der Waals surface area contributed by atoms with E-state index < -0.39 is 45.1 Å². The van der Waals surface area contributed by atoms with Gasteiger partial charge in [0.2, 0.25) is 6.79 Å². The summed E-state index contributed by atoms with van der Waals surface area (Å²) in [7, 11) is 2.75. The topological polar surface area (TPSA) is 153 Å². The second-order valence-electron chi connectivity index (χ2n) is 7.45. The normalized spacial score (nSPS) is 29.2. The summed E-state index contributed by atoms with van der Waals surface area (Å²) in [5.74, 6) is 0.148. The quantitative estimate of drug-likeness (QED) is 0.238. The van der Waals surface area contributed by atoms with Crippen molar-refractivity contribution in [2.45, 2.75) is 31.5 Å². The fraction of sp³-hybridized carbons (Fsp3) is 0.368. The summed E-state index contributed by atoms with van der Waals surface area (Å²) in [6.07, 6.45) is -2.29. The van der Waals surface area contributed by atoms with Gasteiger partial charge in [0.1, 0.15) is 31.0 Å². The first-order valence-electron chi connectivity index (χ1n) is 10.0. The second kappa shape index (κ2) is 8.60. The molecule has 2 radical (unpaired) electrons. The fourth-order valence-electron chi connectivity index (χ4n) is 3.78. The van der Waals surface area contributed by atoms with Gasteiger partial charge < -0.3 is 20.3 Å². The van der Waals surface area contributed by atoms with Gasteiger partial charge in [-0.3, -0.25) is 9.36 Å². The molecule has 3 N–H and O–H groups in total. The van der Waals surface area contributed by atoms with E-state index in [-0.39, 0.29) is 12.4 Å². The molecule has 1 aromatic carbocycles. The van der Waals surface area contributed by atoms with E-state index >= 15 is 0 Å². The molecule has 2 fully saturated rings. The summed E-state index contributed by atoms with van der Waals surface area (Å²) in [6, 6.07) is 9.35. The molecule has 5 rings (SSSR count). The van der Waals surface area contributed by atoms with E-state index in [0.29, 0.717) is 17.0 Å². The van der Waals surface area contributed by atoms with Crippen LogP contribution >= 0.6 is 7.82 Å². The molecule has 0 aliphatic carbocycles. The zero-order chi connectivity index (χ0) is 23.2. The van der Waals surface area contributed by atoms with Crippen LogP contribution in [-0.4, -0.2) is 69.9 Å². The average Bonchev–Trinajstić information content (AvgIpc) is 3.33. The minimum Gasteiger partial charge on any atom is -0.434 e. The summed E-state index contributed by atoms with van der Waals surface area (Å²) in [4.78, 5) is 23.9. The average molecular weight is 472 g/mol. The number of nitrogen functional groups attached to an aromatic ring is 1. The first-order valence-corrected chi connectivity index (χ1v) is 11.6. The molecule has 2 aliphatic rings. The van der Waals surface area contributed by atoms with Gasteiger partial charge in [0.15, 0.2) is 29.3 Å². The maximum atomic E-state index is 11.2. The molecule has 0 amide bonds. The third-order valence-corrected chi connectivity index (χ3v) is 6.79. The fourth-order valence-corrected chi connectivity index (χ4v) is 5.13. The van der Waals surface area contributed by atoms with Crippen LogP contribution in [0, 0.1) is 0 Å². The van der Waals surface area contributed by atoms with Crippen molar-refractivity contribution in [1.29, 1.82) is 0 Å². The smallest absolute Gasteiger partial charge is 0.434 e. The Kier molecular flexibility index (Phi) is 5.77. The molecule has 2 saturated heterocycles. The highest BCUT2D eigenvalue weighted by Crippen LogP contribution is 2.63. The number of esters is 1. The number of imidazole rings is 1. The molecule has 2 aromatic heterocycles. The molecule has 0 saturated carbocycles. The van der Waals surface area contributed by atoms with Crippen molar-refractivity contribution in [2.24, 2.45) is 0 Å². The van der Waals surface area contributed by atoms with Gasteiger partial charge >= 0.3 is 21.4 Å². The van der Waals surface area contributed by atoms with Crippen LogP contribution in [0.1, 0.15) is 13.2 Å². The third-order valence-electron chi connectivity index (χ3n) is 5.28. The lowest BCUT2D eigenvalue weighted by Crippen LogP contribution is -2.41. The van der Waals surface area contributed by atoms with E-state index in [2.05, 4.69) is 15.0 Å². The Morgan fingerprint density at radius 1 is 1.36 bits per heavy atom. The van der Waals surface area contributed by atoms with Crippen LogP contribution in [0.15, 0.2) is 36.7 Å². The van der Waals surface area contributed by atoms with Crippen molar-refractivity contribution >= 4 is 38.3 Å². The maximum Gasteiger partial charge on any atom is 0.488 e. The number of aromatic nitrogens is 4. The molecule has 2 aliphatic heterocycles. The molecule has 170 valence electrons. The number of hydrogen-bond acceptors (Lipinski definition) is 11. The highest BCUT2D eigenvalue weighted by atomic mass is 31.2. The Balaban J connectivity index is 1.48. The van der Waals surface area contributed by atoms with Crippen molar-refractivity contribution in [3.05, 3.63) is 36.7 Å². The first kappa shape index (κ1) is 22.1. The summed E-state index contributed by atoms with van der Waals surface area (Å²) >= 11 is 0. The molecular formula is C19H20BN5O7P+. The molecule has 14 heteroatoms. The molecule has 33 heavy (non-hydrogen) atoms. The number of aliphatic hydroxyl groups is 1. The van der Waals surface area contributed by atoms with Crippen LogP contribution in [0.4, 0.5) is 5.82 Å². The van der Waals surface area contributed by atoms with E-state index in [0.717, 1.165) is 5.56 Å². The van der Waals surface area contributed by atoms with Gasteiger partial charge in [0.25, 0.3) is 0 Å². The number of fused-ring (bicyclic) bond motifs is 2. The van der Waals surface area contributed by atoms with Crippen LogP contribution in [0.5, 0.6) is 0 Å². The van der Waals surface area contributed by atoms with E-state index in [4.69, 9.17) is 36.3 Å². The lowest BCUT2D eigenvalue weighted by atomic mass is 10.1. The van der Waals surface area contributed by atoms with Gasteiger partial charge in [-0.25, -0.2) is 15.0 Å². The van der Waals surface area contributed by atoms with Crippen LogP contribution in [0.25, 0.3) is 22.6 Å². The monoisotopic (exact) mass is 472 g/mol. The molecule has 12 nitrogen and oxygen atoms in total. The van der Waals surface area contributed by atoms with Crippen molar-refractivity contribution in [1.82, 2.24) is 19.5 Å². The minimum atomic E-state index is -3.34. The Morgan fingerprint density at radius 3 is 2.91 bits per heavy atom. The molecule has 0 spiro atoms. The number of anilines is 1. The molecule has 3 aromatic rings. The van der Waals surface area contributed by atoms with Crippen LogP contribution in [-0.2, 0) is 27.8 Å². The zero-order valence-electron chi connectivity index (χ0n) is 17.5. The molecule has 0 bridgehead atoms. The number of aliphatic hydroxyl groups excluding tert-OH is 1. The van der Waals surface area contributed by atoms with Crippen LogP contribution in [0.2, 0.25) is 0 Å². The number of benzene rings is 1. The van der Waals surface area contributed by atoms with Gasteiger partial charge in [-0.1, -0.05) is 30.3 Å². The molecule has 4 heterocycles. The number of hydrogen-bond donors (Lipinski definition) is 2. The lowest BCUT2D eigenvalue weighted by molar-refractivity contribution is -0.149. The lowest BCUT2D eigenvalue weighted by Gasteiger charge is -2.30. The highest BCUT2D eigenvalue weighted by Gasteiger charge is 2.58. The predicted molar refractivity (Wildman–Crippen MR) is 116 cm³/mol. The van der Waals surface area contributed by atoms with Crippen molar-refractivity contribution < 1.29 is 32.9 Å². The van der Waals surface area contributed by atoms with E-state index in [9.17, 15) is 9.90 Å². The van der Waals surface area contributed by atoms with Gasteiger partial charge in [-0.05, 0) is 0 Å². The standard InChI is InChI=1S/C19H20BN5O7P/c1-10(26)28-9-30-33(20)29-7-12-15(32-33)14(27)19(31-12)25-17(11-5-3-2-4-6-11)24-13-16(21)22-8-23-18(13)25/h2-6,8,12,14-15,19,27H,7,9H2,1H3,(H2,21,22,23)/q+1/t12-,14?,15-,19-,33?/m1/s1. The summed E-state index contributed by atoms with van der Waals surface area (Å²) in [5, 5.41) is 11.2. The zero-order valence-corrected chi connectivity index (χ0v) is 18.4. The number of ether oxygens (including phenoxy) is 2. The van der Waals surface area contributed by atoms with E-state index in [1.807, 2.05) is 30.3 Å². The summed E-state index contributed by atoms with van der Waals surface area (Å²) < 4.78 is 29.2. The number of carbonyl (C=O) groups is 1. The van der Waals surface area contributed by atoms with E-state index in [1.54, 1.807) is 4.57 Å². The Morgan fingerprint density at radius 2 is 2.15 bits per heavy atom. The van der Waals surface area contributed by atoms with Gasteiger partial charge in [-0.2, -0.15) is 13.6 Å².